The molecule has 0 aliphatic heterocycles. The van der Waals surface area contributed by atoms with Gasteiger partial charge in [-0.2, -0.15) is 5.48 Å². The van der Waals surface area contributed by atoms with Crippen LogP contribution in [0.3, 0.4) is 0 Å². The summed E-state index contributed by atoms with van der Waals surface area (Å²) in [6, 6.07) is 0.374. The maximum atomic E-state index is 13.1. The lowest BCUT2D eigenvalue weighted by molar-refractivity contribution is -0.151. The molecule has 5 rings (SSSR count). The smallest absolute Gasteiger partial charge is 0.307 e. The lowest BCUT2D eigenvalue weighted by Crippen LogP contribution is -2.47. The third-order valence-electron chi connectivity index (χ3n) is 12.5. The van der Waals surface area contributed by atoms with Crippen LogP contribution in [0.2, 0.25) is 0 Å². The predicted molar refractivity (Wildman–Crippen MR) is 187 cm³/mol. The number of ether oxygens (including phenoxy) is 3. The molecule has 0 radical (unpaired) electrons. The Labute approximate surface area is 298 Å². The molecule has 0 aromatic carbocycles. The van der Waals surface area contributed by atoms with Crippen molar-refractivity contribution in [3.63, 3.8) is 0 Å². The molecule has 0 saturated heterocycles. The highest BCUT2D eigenvalue weighted by Crippen LogP contribution is 2.37. The van der Waals surface area contributed by atoms with Crippen LogP contribution >= 0.6 is 0 Å². The third-order valence-corrected chi connectivity index (χ3v) is 12.5. The molecule has 4 N–H and O–H groups in total. The number of carbonyl (C=O) groups is 3. The van der Waals surface area contributed by atoms with Gasteiger partial charge < -0.3 is 34.6 Å². The maximum Gasteiger partial charge on any atom is 0.307 e. The normalized spacial score (nSPS) is 35.4. The van der Waals surface area contributed by atoms with E-state index in [4.69, 9.17) is 25.5 Å². The number of terminal acetylenes is 1. The quantitative estimate of drug-likeness (QED) is 0.0877. The highest BCUT2D eigenvalue weighted by molar-refractivity contribution is 5.85. The van der Waals surface area contributed by atoms with E-state index < -0.39 is 29.7 Å². The molecule has 0 aromatic heterocycles. The number of carboxylic acid groups (broad SMARTS) is 2. The highest BCUT2D eigenvalue weighted by Gasteiger charge is 2.41. The van der Waals surface area contributed by atoms with E-state index in [1.54, 1.807) is 0 Å². The molecule has 0 aromatic rings. The molecular weight excluding hydrogens is 640 g/mol. The molecule has 5 aliphatic carbocycles. The van der Waals surface area contributed by atoms with Crippen LogP contribution in [-0.2, 0) is 33.4 Å². The van der Waals surface area contributed by atoms with E-state index in [1.165, 1.54) is 25.7 Å². The Bertz CT molecular complexity index is 1110. The summed E-state index contributed by atoms with van der Waals surface area (Å²) in [5.41, 5.74) is 3.28. The zero-order chi connectivity index (χ0) is 35.3. The first-order valence-corrected chi connectivity index (χ1v) is 19.8. The van der Waals surface area contributed by atoms with Gasteiger partial charge in [-0.1, -0.05) is 25.7 Å². The number of amides is 1. The van der Waals surface area contributed by atoms with Crippen molar-refractivity contribution < 1.29 is 43.6 Å². The van der Waals surface area contributed by atoms with Crippen LogP contribution in [0.15, 0.2) is 0 Å². The van der Waals surface area contributed by atoms with Crippen LogP contribution in [0, 0.1) is 48.0 Å². The first kappa shape index (κ1) is 38.8. The number of rotatable bonds is 16. The van der Waals surface area contributed by atoms with Crippen LogP contribution in [0.5, 0.6) is 0 Å². The van der Waals surface area contributed by atoms with Gasteiger partial charge in [0.05, 0.1) is 49.8 Å². The van der Waals surface area contributed by atoms with Gasteiger partial charge in [0.25, 0.3) is 0 Å². The van der Waals surface area contributed by atoms with E-state index in [2.05, 4.69) is 16.9 Å². The van der Waals surface area contributed by atoms with Crippen LogP contribution in [-0.4, -0.2) is 78.3 Å². The van der Waals surface area contributed by atoms with E-state index in [1.807, 2.05) is 0 Å². The summed E-state index contributed by atoms with van der Waals surface area (Å²) in [7, 11) is 0. The van der Waals surface area contributed by atoms with Crippen LogP contribution in [0.25, 0.3) is 0 Å². The Morgan fingerprint density at radius 1 is 0.640 bits per heavy atom. The van der Waals surface area contributed by atoms with Crippen molar-refractivity contribution in [3.05, 3.63) is 0 Å². The molecule has 11 heteroatoms. The van der Waals surface area contributed by atoms with Crippen molar-refractivity contribution in [2.75, 3.05) is 19.8 Å². The zero-order valence-electron chi connectivity index (χ0n) is 29.9. The molecule has 5 fully saturated rings. The fourth-order valence-electron chi connectivity index (χ4n) is 9.57. The van der Waals surface area contributed by atoms with Crippen molar-refractivity contribution in [2.24, 2.45) is 35.5 Å². The first-order valence-electron chi connectivity index (χ1n) is 19.8. The van der Waals surface area contributed by atoms with Gasteiger partial charge in [0.1, 0.15) is 12.2 Å². The summed E-state index contributed by atoms with van der Waals surface area (Å²) in [4.78, 5) is 42.9. The van der Waals surface area contributed by atoms with Crippen LogP contribution in [0.4, 0.5) is 0 Å². The molecule has 6 atom stereocenters. The van der Waals surface area contributed by atoms with Gasteiger partial charge in [-0.25, -0.2) is 0 Å². The average Bonchev–Trinajstić information content (AvgIpc) is 3.12. The fraction of sp³-hybridized carbons (Fsp3) is 0.872. The largest absolute Gasteiger partial charge is 0.481 e. The number of aliphatic carboxylic acids is 2. The molecule has 0 bridgehead atoms. The third kappa shape index (κ3) is 11.8. The van der Waals surface area contributed by atoms with Crippen molar-refractivity contribution in [1.82, 2.24) is 10.8 Å². The second-order valence-corrected chi connectivity index (χ2v) is 16.0. The van der Waals surface area contributed by atoms with E-state index in [-0.39, 0.29) is 36.1 Å². The molecular formula is C39H62N2O9. The minimum absolute atomic E-state index is 0.0548. The van der Waals surface area contributed by atoms with E-state index in [9.17, 15) is 24.6 Å². The molecule has 0 heterocycles. The average molecular weight is 703 g/mol. The summed E-state index contributed by atoms with van der Waals surface area (Å²) in [6.07, 6.45) is 26.7. The lowest BCUT2D eigenvalue weighted by atomic mass is 9.75. The Balaban J connectivity index is 0.945. The number of hydroxylamine groups is 1. The topological polar surface area (TPSA) is 153 Å². The number of nitrogens with one attached hydrogen (secondary N) is 2. The highest BCUT2D eigenvalue weighted by atomic mass is 16.6. The van der Waals surface area contributed by atoms with Crippen LogP contribution < -0.4 is 10.8 Å². The summed E-state index contributed by atoms with van der Waals surface area (Å²) < 4.78 is 17.4. The molecule has 50 heavy (non-hydrogen) atoms. The zero-order valence-corrected chi connectivity index (χ0v) is 29.9. The molecule has 11 nitrogen and oxygen atoms in total. The van der Waals surface area contributed by atoms with Gasteiger partial charge in [-0.3, -0.25) is 14.4 Å². The first-order chi connectivity index (χ1) is 24.3. The van der Waals surface area contributed by atoms with Crippen molar-refractivity contribution >= 4 is 17.8 Å². The second kappa shape index (κ2) is 20.0. The standard InChI is InChI=1S/C39H62N2O9/c1-2-47-33-17-19-35(39(45)46)36(24-33)37(42)40-29-12-8-26(9-13-29)22-27-10-14-30(15-11-27)41-50-25-28-23-32(16-18-34(28)38(43)44)49-21-20-48-31-6-4-3-5-7-31/h1,26-36,41H,3-25H2,(H,40,42)(H,43,44)(H,45,46). The van der Waals surface area contributed by atoms with Gasteiger partial charge in [0.15, 0.2) is 0 Å². The van der Waals surface area contributed by atoms with E-state index >= 15 is 0 Å². The number of hydrogen-bond acceptors (Lipinski definition) is 8. The van der Waals surface area contributed by atoms with Crippen molar-refractivity contribution in [1.29, 1.82) is 0 Å². The molecule has 6 unspecified atom stereocenters. The van der Waals surface area contributed by atoms with Gasteiger partial charge in [-0.05, 0) is 127 Å². The Morgan fingerprint density at radius 3 is 1.88 bits per heavy atom. The van der Waals surface area contributed by atoms with Crippen LogP contribution in [0.1, 0.15) is 128 Å². The number of hydrogen-bond donors (Lipinski definition) is 4. The number of carboxylic acids is 2. The van der Waals surface area contributed by atoms with Gasteiger partial charge in [-0.15, -0.1) is 0 Å². The molecule has 5 aliphatic rings. The van der Waals surface area contributed by atoms with Crippen molar-refractivity contribution in [3.8, 4) is 12.5 Å². The summed E-state index contributed by atoms with van der Waals surface area (Å²) in [6.45, 7) is 1.55. The molecule has 282 valence electrons. The second-order valence-electron chi connectivity index (χ2n) is 16.0. The van der Waals surface area contributed by atoms with E-state index in [0.717, 1.165) is 70.6 Å². The van der Waals surface area contributed by atoms with Gasteiger partial charge in [0, 0.05) is 12.1 Å². The SMILES string of the molecule is C#COC1CCC(C(=O)O)C(C(=O)NC2CCC(CC3CCC(NOCC4CC(OCCOC5CCCCC5)CCC4C(=O)O)CC3)CC2)C1. The minimum atomic E-state index is -0.925. The Hall–Kier alpha value is -2.39. The fourth-order valence-corrected chi connectivity index (χ4v) is 9.57. The lowest BCUT2D eigenvalue weighted by Gasteiger charge is -2.36. The molecule has 0 spiro atoms. The van der Waals surface area contributed by atoms with Gasteiger partial charge in [0.2, 0.25) is 5.91 Å². The molecule has 1 amide bonds. The summed E-state index contributed by atoms with van der Waals surface area (Å²) in [5.74, 6) is -2.29. The predicted octanol–water partition coefficient (Wildman–Crippen LogP) is 5.84. The summed E-state index contributed by atoms with van der Waals surface area (Å²) in [5, 5.41) is 22.7. The Morgan fingerprint density at radius 2 is 1.24 bits per heavy atom. The monoisotopic (exact) mass is 702 g/mol. The van der Waals surface area contributed by atoms with E-state index in [0.29, 0.717) is 69.9 Å². The maximum absolute atomic E-state index is 13.1. The van der Waals surface area contributed by atoms with Crippen molar-refractivity contribution in [2.45, 2.75) is 159 Å². The Kier molecular flexibility index (Phi) is 15.5. The van der Waals surface area contributed by atoms with Gasteiger partial charge >= 0.3 is 11.9 Å². The summed E-state index contributed by atoms with van der Waals surface area (Å²) >= 11 is 0. The number of carbonyl (C=O) groups excluding carboxylic acids is 1. The molecule has 5 saturated carbocycles. The minimum Gasteiger partial charge on any atom is -0.481 e.